The summed E-state index contributed by atoms with van der Waals surface area (Å²) in [4.78, 5) is 11.6. The van der Waals surface area contributed by atoms with Crippen LogP contribution in [0.25, 0.3) is 0 Å². The molecule has 0 spiro atoms. The van der Waals surface area contributed by atoms with Gasteiger partial charge in [-0.15, -0.1) is 0 Å². The highest BCUT2D eigenvalue weighted by Gasteiger charge is 2.26. The Morgan fingerprint density at radius 2 is 1.95 bits per heavy atom. The van der Waals surface area contributed by atoms with Gasteiger partial charge in [0.25, 0.3) is 0 Å². The summed E-state index contributed by atoms with van der Waals surface area (Å²) in [6, 6.07) is 0.838. The highest BCUT2D eigenvalue weighted by Crippen LogP contribution is 2.28. The lowest BCUT2D eigenvalue weighted by Crippen LogP contribution is -2.48. The van der Waals surface area contributed by atoms with Crippen LogP contribution < -0.4 is 10.6 Å². The number of ether oxygens (including phenoxy) is 1. The maximum absolute atomic E-state index is 11.6. The molecular weight excluding hydrogens is 252 g/mol. The predicted molar refractivity (Wildman–Crippen MR) is 82.8 cm³/mol. The van der Waals surface area contributed by atoms with E-state index in [1.807, 2.05) is 20.8 Å². The van der Waals surface area contributed by atoms with Crippen molar-refractivity contribution in [3.8, 4) is 0 Å². The smallest absolute Gasteiger partial charge is 0.407 e. The minimum Gasteiger partial charge on any atom is -0.444 e. The predicted octanol–water partition coefficient (Wildman–Crippen LogP) is 3.31. The van der Waals surface area contributed by atoms with E-state index in [-0.39, 0.29) is 12.1 Å². The van der Waals surface area contributed by atoms with Crippen LogP contribution in [0.1, 0.15) is 60.8 Å². The number of rotatable bonds is 4. The quantitative estimate of drug-likeness (QED) is 0.832. The molecule has 0 aromatic carbocycles. The van der Waals surface area contributed by atoms with Gasteiger partial charge in [-0.1, -0.05) is 13.8 Å². The van der Waals surface area contributed by atoms with Crippen molar-refractivity contribution < 1.29 is 9.53 Å². The van der Waals surface area contributed by atoms with Crippen LogP contribution in [-0.2, 0) is 4.74 Å². The second-order valence-electron chi connectivity index (χ2n) is 7.45. The molecule has 2 N–H and O–H groups in total. The van der Waals surface area contributed by atoms with E-state index in [0.29, 0.717) is 18.5 Å². The first kappa shape index (κ1) is 17.3. The molecule has 1 saturated carbocycles. The van der Waals surface area contributed by atoms with Gasteiger partial charge in [0.1, 0.15) is 5.60 Å². The summed E-state index contributed by atoms with van der Waals surface area (Å²) in [5, 5.41) is 6.47. The number of hydrogen-bond donors (Lipinski definition) is 2. The fourth-order valence-electron chi connectivity index (χ4n) is 2.89. The van der Waals surface area contributed by atoms with E-state index in [9.17, 15) is 4.79 Å². The van der Waals surface area contributed by atoms with Crippen LogP contribution in [-0.4, -0.2) is 30.3 Å². The molecule has 4 heteroatoms. The number of nitrogens with one attached hydrogen (secondary N) is 2. The molecule has 1 aliphatic rings. The van der Waals surface area contributed by atoms with E-state index in [1.165, 1.54) is 19.3 Å². The molecule has 0 heterocycles. The average Bonchev–Trinajstić information content (AvgIpc) is 2.28. The van der Waals surface area contributed by atoms with Crippen LogP contribution in [0, 0.1) is 11.8 Å². The Balaban J connectivity index is 2.26. The van der Waals surface area contributed by atoms with E-state index in [0.717, 1.165) is 5.92 Å². The molecule has 4 unspecified atom stereocenters. The van der Waals surface area contributed by atoms with Crippen molar-refractivity contribution in [2.75, 3.05) is 6.54 Å². The van der Waals surface area contributed by atoms with Gasteiger partial charge in [0.2, 0.25) is 0 Å². The molecule has 1 rings (SSSR count). The Kier molecular flexibility index (Phi) is 6.31. The third kappa shape index (κ3) is 6.60. The zero-order chi connectivity index (χ0) is 15.3. The van der Waals surface area contributed by atoms with Crippen LogP contribution in [0.15, 0.2) is 0 Å². The molecule has 1 aliphatic carbocycles. The largest absolute Gasteiger partial charge is 0.444 e. The van der Waals surface area contributed by atoms with Crippen molar-refractivity contribution in [3.63, 3.8) is 0 Å². The Labute approximate surface area is 124 Å². The van der Waals surface area contributed by atoms with Gasteiger partial charge in [0.05, 0.1) is 0 Å². The molecule has 0 bridgehead atoms. The number of carbonyl (C=O) groups excluding carboxylic acids is 1. The molecule has 1 fully saturated rings. The van der Waals surface area contributed by atoms with Gasteiger partial charge in [-0.3, -0.25) is 0 Å². The first-order valence-corrected chi connectivity index (χ1v) is 7.90. The second kappa shape index (κ2) is 7.30. The molecule has 20 heavy (non-hydrogen) atoms. The van der Waals surface area contributed by atoms with E-state index < -0.39 is 5.60 Å². The van der Waals surface area contributed by atoms with Crippen molar-refractivity contribution in [1.82, 2.24) is 10.6 Å². The van der Waals surface area contributed by atoms with E-state index in [2.05, 4.69) is 31.4 Å². The minimum absolute atomic E-state index is 0.267. The molecular formula is C16H32N2O2. The van der Waals surface area contributed by atoms with Crippen molar-refractivity contribution >= 4 is 6.09 Å². The Bertz CT molecular complexity index is 312. The van der Waals surface area contributed by atoms with Crippen molar-refractivity contribution in [2.45, 2.75) is 78.5 Å². The summed E-state index contributed by atoms with van der Waals surface area (Å²) < 4.78 is 5.24. The number of carbonyl (C=O) groups is 1. The molecule has 118 valence electrons. The van der Waals surface area contributed by atoms with Crippen molar-refractivity contribution in [2.24, 2.45) is 11.8 Å². The Hall–Kier alpha value is -0.770. The van der Waals surface area contributed by atoms with E-state index >= 15 is 0 Å². The van der Waals surface area contributed by atoms with Gasteiger partial charge < -0.3 is 15.4 Å². The minimum atomic E-state index is -0.436. The van der Waals surface area contributed by atoms with Crippen LogP contribution in [0.2, 0.25) is 0 Å². The van der Waals surface area contributed by atoms with Crippen LogP contribution in [0.5, 0.6) is 0 Å². The molecule has 1 amide bonds. The molecule has 0 aliphatic heterocycles. The molecule has 4 atom stereocenters. The first-order chi connectivity index (χ1) is 9.17. The topological polar surface area (TPSA) is 50.4 Å². The fraction of sp³-hybridized carbons (Fsp3) is 0.938. The van der Waals surface area contributed by atoms with Crippen molar-refractivity contribution in [3.05, 3.63) is 0 Å². The molecule has 0 aromatic heterocycles. The van der Waals surface area contributed by atoms with Gasteiger partial charge in [-0.25, -0.2) is 4.79 Å². The monoisotopic (exact) mass is 284 g/mol. The number of hydrogen-bond acceptors (Lipinski definition) is 3. The SMILES string of the molecule is CC1CCC(NC(C)CNC(=O)OC(C)(C)C)C(C)C1. The lowest BCUT2D eigenvalue weighted by Gasteiger charge is -2.35. The summed E-state index contributed by atoms with van der Waals surface area (Å²) in [7, 11) is 0. The third-order valence-electron chi connectivity index (χ3n) is 3.88. The molecule has 0 aromatic rings. The lowest BCUT2D eigenvalue weighted by atomic mass is 9.79. The van der Waals surface area contributed by atoms with Crippen LogP contribution >= 0.6 is 0 Å². The van der Waals surface area contributed by atoms with Gasteiger partial charge in [0, 0.05) is 18.6 Å². The summed E-state index contributed by atoms with van der Waals surface area (Å²) in [6.07, 6.45) is 3.49. The highest BCUT2D eigenvalue weighted by molar-refractivity contribution is 5.67. The maximum Gasteiger partial charge on any atom is 0.407 e. The van der Waals surface area contributed by atoms with E-state index in [4.69, 9.17) is 4.74 Å². The zero-order valence-electron chi connectivity index (χ0n) is 14.0. The van der Waals surface area contributed by atoms with Gasteiger partial charge in [-0.2, -0.15) is 0 Å². The highest BCUT2D eigenvalue weighted by atomic mass is 16.6. The van der Waals surface area contributed by atoms with Gasteiger partial charge in [-0.05, 0) is 58.8 Å². The number of amides is 1. The van der Waals surface area contributed by atoms with Gasteiger partial charge >= 0.3 is 6.09 Å². The number of alkyl carbamates (subject to hydrolysis) is 1. The standard InChI is InChI=1S/C16H32N2O2/c1-11-7-8-14(12(2)9-11)18-13(3)10-17-15(19)20-16(4,5)6/h11-14,18H,7-10H2,1-6H3,(H,17,19). The zero-order valence-corrected chi connectivity index (χ0v) is 14.0. The normalized spacial score (nSPS) is 28.8. The maximum atomic E-state index is 11.6. The summed E-state index contributed by atoms with van der Waals surface area (Å²) >= 11 is 0. The first-order valence-electron chi connectivity index (χ1n) is 7.90. The molecule has 0 saturated heterocycles. The fourth-order valence-corrected chi connectivity index (χ4v) is 2.89. The van der Waals surface area contributed by atoms with Crippen LogP contribution in [0.4, 0.5) is 4.79 Å². The molecule has 4 nitrogen and oxygen atoms in total. The molecule has 0 radical (unpaired) electrons. The van der Waals surface area contributed by atoms with E-state index in [1.54, 1.807) is 0 Å². The average molecular weight is 284 g/mol. The van der Waals surface area contributed by atoms with Gasteiger partial charge in [0.15, 0.2) is 0 Å². The summed E-state index contributed by atoms with van der Waals surface area (Å²) in [5.74, 6) is 1.56. The lowest BCUT2D eigenvalue weighted by molar-refractivity contribution is 0.0521. The van der Waals surface area contributed by atoms with Crippen molar-refractivity contribution in [1.29, 1.82) is 0 Å². The summed E-state index contributed by atoms with van der Waals surface area (Å²) in [6.45, 7) is 13.0. The Morgan fingerprint density at radius 1 is 1.30 bits per heavy atom. The third-order valence-corrected chi connectivity index (χ3v) is 3.88. The summed E-state index contributed by atoms with van der Waals surface area (Å²) in [5.41, 5.74) is -0.436. The van der Waals surface area contributed by atoms with Crippen LogP contribution in [0.3, 0.4) is 0 Å². The second-order valence-corrected chi connectivity index (χ2v) is 7.45. The Morgan fingerprint density at radius 3 is 2.50 bits per heavy atom.